The molecular weight excluding hydrogens is 370 g/mol. The molecule has 138 valence electrons. The van der Waals surface area contributed by atoms with Crippen LogP contribution in [0.3, 0.4) is 0 Å². The van der Waals surface area contributed by atoms with E-state index in [1.165, 1.54) is 37.3 Å². The second-order valence-corrected chi connectivity index (χ2v) is 5.86. The summed E-state index contributed by atoms with van der Waals surface area (Å²) in [6.45, 7) is -1.82. The molecule has 10 heteroatoms. The number of hydrogen-bond donors (Lipinski definition) is 2. The van der Waals surface area contributed by atoms with E-state index in [0.29, 0.717) is 0 Å². The molecule has 0 aliphatic heterocycles. The summed E-state index contributed by atoms with van der Waals surface area (Å²) in [5.41, 5.74) is 5.05. The normalized spacial score (nSPS) is 11.7. The van der Waals surface area contributed by atoms with E-state index in [-0.39, 0.29) is 21.9 Å². The van der Waals surface area contributed by atoms with E-state index in [4.69, 9.17) is 10.5 Å². The van der Waals surface area contributed by atoms with Gasteiger partial charge >= 0.3 is 12.6 Å². The molecule has 26 heavy (non-hydrogen) atoms. The number of alkyl halides is 2. The highest BCUT2D eigenvalue weighted by Gasteiger charge is 2.23. The van der Waals surface area contributed by atoms with Gasteiger partial charge in [0.15, 0.2) is 6.10 Å². The highest BCUT2D eigenvalue weighted by atomic mass is 32.1. The van der Waals surface area contributed by atoms with Crippen molar-refractivity contribution in [2.24, 2.45) is 5.73 Å². The molecule has 1 aromatic heterocycles. The molecule has 7 nitrogen and oxygen atoms in total. The van der Waals surface area contributed by atoms with Gasteiger partial charge in [0.1, 0.15) is 16.3 Å². The van der Waals surface area contributed by atoms with Crippen LogP contribution in [0.15, 0.2) is 35.7 Å². The molecule has 0 saturated heterocycles. The van der Waals surface area contributed by atoms with Crippen molar-refractivity contribution in [3.05, 3.63) is 46.8 Å². The first-order valence-corrected chi connectivity index (χ1v) is 8.10. The van der Waals surface area contributed by atoms with E-state index in [2.05, 4.69) is 10.1 Å². The van der Waals surface area contributed by atoms with E-state index < -0.39 is 30.5 Å². The Morgan fingerprint density at radius 3 is 2.50 bits per heavy atom. The first kappa shape index (κ1) is 19.3. The molecule has 3 N–H and O–H groups in total. The van der Waals surface area contributed by atoms with Crippen LogP contribution in [0.4, 0.5) is 13.8 Å². The van der Waals surface area contributed by atoms with Crippen LogP contribution in [0.2, 0.25) is 0 Å². The third kappa shape index (κ3) is 4.76. The molecule has 0 aliphatic rings. The number of primary amides is 1. The largest absolute Gasteiger partial charge is 0.449 e. The van der Waals surface area contributed by atoms with Gasteiger partial charge in [0, 0.05) is 0 Å². The van der Waals surface area contributed by atoms with Crippen LogP contribution in [0.1, 0.15) is 27.6 Å². The maximum atomic E-state index is 12.4. The number of nitrogens with two attached hydrogens (primary N) is 1. The molecule has 0 saturated carbocycles. The molecule has 2 aromatic rings. The van der Waals surface area contributed by atoms with Gasteiger partial charge in [0.2, 0.25) is 0 Å². The van der Waals surface area contributed by atoms with E-state index in [1.807, 2.05) is 0 Å². The van der Waals surface area contributed by atoms with Gasteiger partial charge in [-0.25, -0.2) is 4.79 Å². The third-order valence-electron chi connectivity index (χ3n) is 3.14. The Balaban J connectivity index is 2.06. The van der Waals surface area contributed by atoms with Crippen molar-refractivity contribution in [2.45, 2.75) is 19.6 Å². The fourth-order valence-electron chi connectivity index (χ4n) is 1.93. The average molecular weight is 384 g/mol. The van der Waals surface area contributed by atoms with Crippen molar-refractivity contribution in [3.8, 4) is 5.75 Å². The van der Waals surface area contributed by atoms with E-state index in [1.54, 1.807) is 5.38 Å². The van der Waals surface area contributed by atoms with Crippen molar-refractivity contribution >= 4 is 34.1 Å². The minimum Gasteiger partial charge on any atom is -0.449 e. The SMILES string of the molecule is C[C@H](OC(=O)c1ccccc1OC(F)F)C(=O)Nc1sccc1C(N)=O. The summed E-state index contributed by atoms with van der Waals surface area (Å²) in [6, 6.07) is 6.70. The predicted molar refractivity (Wildman–Crippen MR) is 89.4 cm³/mol. The Labute approximate surface area is 150 Å². The number of benzene rings is 1. The minimum atomic E-state index is -3.12. The highest BCUT2D eigenvalue weighted by molar-refractivity contribution is 7.14. The number of carbonyl (C=O) groups is 3. The molecule has 1 aromatic carbocycles. The number of anilines is 1. The van der Waals surface area contributed by atoms with Crippen LogP contribution in [0, 0.1) is 0 Å². The second kappa shape index (κ2) is 8.39. The van der Waals surface area contributed by atoms with Gasteiger partial charge in [-0.3, -0.25) is 9.59 Å². The van der Waals surface area contributed by atoms with E-state index in [0.717, 1.165) is 11.3 Å². The number of para-hydroxylation sites is 1. The average Bonchev–Trinajstić information content (AvgIpc) is 3.03. The number of ether oxygens (including phenoxy) is 2. The van der Waals surface area contributed by atoms with Crippen molar-refractivity contribution in [1.29, 1.82) is 0 Å². The summed E-state index contributed by atoms with van der Waals surface area (Å²) < 4.78 is 34.0. The lowest BCUT2D eigenvalue weighted by Crippen LogP contribution is -2.30. The molecule has 0 fully saturated rings. The Hall–Kier alpha value is -3.01. The van der Waals surface area contributed by atoms with Crippen LogP contribution in [0.5, 0.6) is 5.75 Å². The minimum absolute atomic E-state index is 0.123. The number of thiophene rings is 1. The third-order valence-corrected chi connectivity index (χ3v) is 3.97. The zero-order valence-corrected chi connectivity index (χ0v) is 14.2. The van der Waals surface area contributed by atoms with Crippen LogP contribution in [0.25, 0.3) is 0 Å². The Morgan fingerprint density at radius 1 is 1.15 bits per heavy atom. The summed E-state index contributed by atoms with van der Waals surface area (Å²) in [6.07, 6.45) is -1.26. The van der Waals surface area contributed by atoms with Gasteiger partial charge in [-0.15, -0.1) is 11.3 Å². The van der Waals surface area contributed by atoms with Crippen molar-refractivity contribution in [2.75, 3.05) is 5.32 Å². The van der Waals surface area contributed by atoms with Gasteiger partial charge in [-0.2, -0.15) is 8.78 Å². The highest BCUT2D eigenvalue weighted by Crippen LogP contribution is 2.24. The van der Waals surface area contributed by atoms with E-state index in [9.17, 15) is 23.2 Å². The van der Waals surface area contributed by atoms with Crippen LogP contribution in [-0.2, 0) is 9.53 Å². The Kier molecular flexibility index (Phi) is 6.23. The van der Waals surface area contributed by atoms with Gasteiger partial charge in [-0.05, 0) is 30.5 Å². The maximum Gasteiger partial charge on any atom is 0.387 e. The van der Waals surface area contributed by atoms with Gasteiger partial charge < -0.3 is 20.5 Å². The van der Waals surface area contributed by atoms with Crippen LogP contribution >= 0.6 is 11.3 Å². The smallest absolute Gasteiger partial charge is 0.387 e. The van der Waals surface area contributed by atoms with E-state index >= 15 is 0 Å². The molecule has 0 aliphatic carbocycles. The molecule has 1 heterocycles. The lowest BCUT2D eigenvalue weighted by atomic mass is 10.2. The lowest BCUT2D eigenvalue weighted by Gasteiger charge is -2.15. The second-order valence-electron chi connectivity index (χ2n) is 4.94. The van der Waals surface area contributed by atoms with Crippen LogP contribution < -0.4 is 15.8 Å². The number of halogens is 2. The maximum absolute atomic E-state index is 12.4. The van der Waals surface area contributed by atoms with Gasteiger partial charge in [0.25, 0.3) is 11.8 Å². The first-order chi connectivity index (χ1) is 12.3. The molecule has 1 atom stereocenters. The zero-order valence-electron chi connectivity index (χ0n) is 13.4. The summed E-state index contributed by atoms with van der Waals surface area (Å²) in [5, 5.41) is 4.20. The van der Waals surface area contributed by atoms with Gasteiger partial charge in [0.05, 0.1) is 5.56 Å². The topological polar surface area (TPSA) is 108 Å². The van der Waals surface area contributed by atoms with Crippen LogP contribution in [-0.4, -0.2) is 30.5 Å². The summed E-state index contributed by atoms with van der Waals surface area (Å²) in [7, 11) is 0. The molecule has 2 amide bonds. The standard InChI is InChI=1S/C16H14F2N2O5S/c1-8(13(22)20-14-10(12(19)21)6-7-26-14)24-15(23)9-4-2-3-5-11(9)25-16(17)18/h2-8,16H,1H3,(H2,19,21)(H,20,22)/t8-/m0/s1. The Morgan fingerprint density at radius 2 is 1.85 bits per heavy atom. The number of rotatable bonds is 7. The molecule has 0 bridgehead atoms. The molecular formula is C16H14F2N2O5S. The number of nitrogens with one attached hydrogen (secondary N) is 1. The van der Waals surface area contributed by atoms with Gasteiger partial charge in [-0.1, -0.05) is 12.1 Å². The summed E-state index contributed by atoms with van der Waals surface area (Å²) in [4.78, 5) is 35.5. The summed E-state index contributed by atoms with van der Waals surface area (Å²) >= 11 is 1.07. The number of amides is 2. The molecule has 0 radical (unpaired) electrons. The quantitative estimate of drug-likeness (QED) is 0.714. The van der Waals surface area contributed by atoms with Crippen molar-refractivity contribution in [3.63, 3.8) is 0 Å². The predicted octanol–water partition coefficient (Wildman–Crippen LogP) is 2.63. The zero-order chi connectivity index (χ0) is 19.3. The molecule has 0 spiro atoms. The number of carbonyl (C=O) groups excluding carboxylic acids is 3. The number of hydrogen-bond acceptors (Lipinski definition) is 6. The number of esters is 1. The van der Waals surface area contributed by atoms with Crippen molar-refractivity contribution < 1.29 is 32.6 Å². The fourth-order valence-corrected chi connectivity index (χ4v) is 2.72. The summed E-state index contributed by atoms with van der Waals surface area (Å²) in [5.74, 6) is -2.81. The molecule has 0 unspecified atom stereocenters. The molecule has 2 rings (SSSR count). The fraction of sp³-hybridized carbons (Fsp3) is 0.188. The first-order valence-electron chi connectivity index (χ1n) is 7.22. The monoisotopic (exact) mass is 384 g/mol. The Bertz CT molecular complexity index is 824. The van der Waals surface area contributed by atoms with Crippen molar-refractivity contribution in [1.82, 2.24) is 0 Å². The lowest BCUT2D eigenvalue weighted by molar-refractivity contribution is -0.123.